The Morgan fingerprint density at radius 2 is 1.73 bits per heavy atom. The Hall–Kier alpha value is -2.03. The van der Waals surface area contributed by atoms with E-state index in [1.54, 1.807) is 0 Å². The van der Waals surface area contributed by atoms with Gasteiger partial charge >= 0.3 is 0 Å². The van der Waals surface area contributed by atoms with Gasteiger partial charge in [-0.15, -0.1) is 5.10 Å². The van der Waals surface area contributed by atoms with Gasteiger partial charge in [-0.05, 0) is 30.3 Å². The van der Waals surface area contributed by atoms with E-state index in [1.165, 1.54) is 24.4 Å². The molecule has 0 aliphatic carbocycles. The molecule has 2 heterocycles. The van der Waals surface area contributed by atoms with Gasteiger partial charge in [0.1, 0.15) is 41.3 Å². The maximum absolute atomic E-state index is 14.2. The topological polar surface area (TPSA) is 101 Å². The molecule has 13 heteroatoms. The lowest BCUT2D eigenvalue weighted by Gasteiger charge is -2.41. The van der Waals surface area contributed by atoms with Crippen molar-refractivity contribution in [1.82, 2.24) is 15.0 Å². The lowest BCUT2D eigenvalue weighted by atomic mass is 9.97. The summed E-state index contributed by atoms with van der Waals surface area (Å²) in [6.07, 6.45) is -2.86. The first-order chi connectivity index (χ1) is 15.7. The van der Waals surface area contributed by atoms with Gasteiger partial charge in [-0.1, -0.05) is 32.9 Å². The predicted octanol–water partition coefficient (Wildman–Crippen LogP) is 3.04. The molecule has 4 rings (SSSR count). The van der Waals surface area contributed by atoms with Crippen LogP contribution in [-0.2, 0) is 4.74 Å². The molecule has 1 aliphatic heterocycles. The number of aliphatic hydroxyl groups is 3. The minimum absolute atomic E-state index is 0.0542. The van der Waals surface area contributed by atoms with Gasteiger partial charge in [0.15, 0.2) is 17.5 Å². The van der Waals surface area contributed by atoms with Crippen molar-refractivity contribution in [3.8, 4) is 11.3 Å². The molecule has 0 bridgehead atoms. The van der Waals surface area contributed by atoms with Crippen LogP contribution in [0.2, 0.25) is 0 Å². The van der Waals surface area contributed by atoms with Crippen LogP contribution in [0.1, 0.15) is 6.04 Å². The highest BCUT2D eigenvalue weighted by Gasteiger charge is 2.46. The molecule has 176 valence electrons. The number of hydrogen-bond acceptors (Lipinski definition) is 7. The molecule has 0 amide bonds. The summed E-state index contributed by atoms with van der Waals surface area (Å²) in [5.41, 5.74) is -1.29. The Morgan fingerprint density at radius 3 is 2.39 bits per heavy atom. The molecule has 5 atom stereocenters. The van der Waals surface area contributed by atoms with Crippen LogP contribution < -0.4 is 0 Å². The Labute approximate surface area is 197 Å². The number of ether oxygens (including phenoxy) is 1. The molecule has 3 aromatic rings. The van der Waals surface area contributed by atoms with Crippen LogP contribution in [0.15, 0.2) is 45.9 Å². The van der Waals surface area contributed by atoms with Crippen molar-refractivity contribution in [1.29, 1.82) is 0 Å². The summed E-state index contributed by atoms with van der Waals surface area (Å²) < 4.78 is 61.9. The lowest BCUT2D eigenvalue weighted by molar-refractivity contribution is -0.178. The number of nitrogens with zero attached hydrogens (tertiary/aromatic N) is 3. The van der Waals surface area contributed by atoms with Crippen molar-refractivity contribution in [3.05, 3.63) is 64.3 Å². The monoisotopic (exact) mass is 549 g/mol. The zero-order valence-electron chi connectivity index (χ0n) is 16.4. The highest BCUT2D eigenvalue weighted by molar-refractivity contribution is 9.10. The molecular weight excluding hydrogens is 534 g/mol. The minimum atomic E-state index is -1.63. The fourth-order valence-electron chi connectivity index (χ4n) is 3.43. The Balaban J connectivity index is 1.65. The van der Waals surface area contributed by atoms with Gasteiger partial charge in [-0.3, -0.25) is 0 Å². The number of aromatic nitrogens is 3. The van der Waals surface area contributed by atoms with Crippen LogP contribution in [0.3, 0.4) is 0 Å². The number of hydrogen-bond donors (Lipinski definition) is 3. The quantitative estimate of drug-likeness (QED) is 0.332. The molecule has 1 fully saturated rings. The summed E-state index contributed by atoms with van der Waals surface area (Å²) in [7, 11) is 0. The average Bonchev–Trinajstić information content (AvgIpc) is 3.26. The molecule has 7 nitrogen and oxygen atoms in total. The standard InChI is InChI=1S/C20H16BrF4N3O4S/c21-9-1-2-10(22)15(5-9)33-20-19(31)17(18(30)14(7-29)32-20)28-6-13(26-27-28)8-3-11(23)16(25)12(24)4-8/h1-6,14,17-20,29-31H,7H2/t14?,17?,18-,19-,20+/m0/s1. The normalized spacial score (nSPS) is 25.4. The number of rotatable bonds is 5. The van der Waals surface area contributed by atoms with E-state index in [0.717, 1.165) is 28.6 Å². The lowest BCUT2D eigenvalue weighted by Crippen LogP contribution is -2.55. The van der Waals surface area contributed by atoms with Crippen molar-refractivity contribution in [2.75, 3.05) is 6.61 Å². The van der Waals surface area contributed by atoms with Crippen LogP contribution in [0.5, 0.6) is 0 Å². The second kappa shape index (κ2) is 9.68. The third-order valence-corrected chi connectivity index (χ3v) is 6.76. The fraction of sp³-hybridized carbons (Fsp3) is 0.300. The SMILES string of the molecule is OCC1O[C@H](Sc2cc(Br)ccc2F)[C@@H](O)C(n2cc(-c3cc(F)c(F)c(F)c3)nn2)[C@H]1O. The maximum atomic E-state index is 14.2. The van der Waals surface area contributed by atoms with Gasteiger partial charge in [-0.2, -0.15) is 0 Å². The van der Waals surface area contributed by atoms with Crippen LogP contribution in [0.4, 0.5) is 17.6 Å². The number of halogens is 5. The third-order valence-electron chi connectivity index (χ3n) is 5.08. The molecule has 0 spiro atoms. The zero-order chi connectivity index (χ0) is 23.9. The second-order valence-electron chi connectivity index (χ2n) is 7.23. The van der Waals surface area contributed by atoms with E-state index in [1.807, 2.05) is 0 Å². The molecule has 2 unspecified atom stereocenters. The van der Waals surface area contributed by atoms with Gasteiger partial charge in [0, 0.05) is 14.9 Å². The zero-order valence-corrected chi connectivity index (χ0v) is 18.9. The summed E-state index contributed by atoms with van der Waals surface area (Å²) in [5.74, 6) is -5.03. The van der Waals surface area contributed by atoms with E-state index in [0.29, 0.717) is 4.47 Å². The van der Waals surface area contributed by atoms with Gasteiger partial charge in [-0.25, -0.2) is 22.2 Å². The summed E-state index contributed by atoms with van der Waals surface area (Å²) in [5, 5.41) is 38.8. The average molecular weight is 550 g/mol. The van der Waals surface area contributed by atoms with Crippen molar-refractivity contribution in [3.63, 3.8) is 0 Å². The largest absolute Gasteiger partial charge is 0.394 e. The van der Waals surface area contributed by atoms with E-state index < -0.39 is 59.7 Å². The van der Waals surface area contributed by atoms with E-state index >= 15 is 0 Å². The fourth-order valence-corrected chi connectivity index (χ4v) is 5.07. The van der Waals surface area contributed by atoms with E-state index in [2.05, 4.69) is 26.2 Å². The molecule has 1 saturated heterocycles. The molecular formula is C20H16BrF4N3O4S. The van der Waals surface area contributed by atoms with Gasteiger partial charge in [0.2, 0.25) is 0 Å². The molecule has 0 radical (unpaired) electrons. The third kappa shape index (κ3) is 4.79. The van der Waals surface area contributed by atoms with E-state index in [4.69, 9.17) is 4.74 Å². The molecule has 33 heavy (non-hydrogen) atoms. The van der Waals surface area contributed by atoms with Crippen molar-refractivity contribution < 1.29 is 37.6 Å². The summed E-state index contributed by atoms with van der Waals surface area (Å²) in [4.78, 5) is 0.150. The Morgan fingerprint density at radius 1 is 1.03 bits per heavy atom. The highest BCUT2D eigenvalue weighted by atomic mass is 79.9. The smallest absolute Gasteiger partial charge is 0.194 e. The van der Waals surface area contributed by atoms with Crippen LogP contribution in [0, 0.1) is 23.3 Å². The van der Waals surface area contributed by atoms with E-state index in [-0.39, 0.29) is 16.2 Å². The van der Waals surface area contributed by atoms with Crippen molar-refractivity contribution in [2.45, 2.75) is 34.7 Å². The van der Waals surface area contributed by atoms with Crippen molar-refractivity contribution in [2.24, 2.45) is 0 Å². The highest BCUT2D eigenvalue weighted by Crippen LogP contribution is 2.39. The van der Waals surface area contributed by atoms with Crippen molar-refractivity contribution >= 4 is 27.7 Å². The maximum Gasteiger partial charge on any atom is 0.194 e. The Kier molecular flexibility index (Phi) is 7.07. The Bertz CT molecular complexity index is 1150. The van der Waals surface area contributed by atoms with Gasteiger partial charge < -0.3 is 20.1 Å². The summed E-state index contributed by atoms with van der Waals surface area (Å²) in [6, 6.07) is 4.46. The molecule has 3 N–H and O–H groups in total. The molecule has 1 aromatic heterocycles. The van der Waals surface area contributed by atoms with Gasteiger partial charge in [0.05, 0.1) is 12.8 Å². The first-order valence-electron chi connectivity index (χ1n) is 9.50. The first-order valence-corrected chi connectivity index (χ1v) is 11.2. The van der Waals surface area contributed by atoms with Gasteiger partial charge in [0.25, 0.3) is 0 Å². The number of thioether (sulfide) groups is 1. The summed E-state index contributed by atoms with van der Waals surface area (Å²) in [6.45, 7) is -0.613. The van der Waals surface area contributed by atoms with Crippen LogP contribution in [0.25, 0.3) is 11.3 Å². The molecule has 0 saturated carbocycles. The predicted molar refractivity (Wildman–Crippen MR) is 112 cm³/mol. The minimum Gasteiger partial charge on any atom is -0.394 e. The molecule has 2 aromatic carbocycles. The van der Waals surface area contributed by atoms with E-state index in [9.17, 15) is 32.9 Å². The molecule has 1 aliphatic rings. The van der Waals surface area contributed by atoms with Crippen LogP contribution >= 0.6 is 27.7 Å². The number of aliphatic hydroxyl groups excluding tert-OH is 3. The van der Waals surface area contributed by atoms with Crippen LogP contribution in [-0.4, -0.2) is 60.7 Å². The second-order valence-corrected chi connectivity index (χ2v) is 9.28. The summed E-state index contributed by atoms with van der Waals surface area (Å²) >= 11 is 4.08. The first kappa shape index (κ1) is 24.1. The number of benzene rings is 2.